The molecule has 26 heavy (non-hydrogen) atoms. The van der Waals surface area contributed by atoms with Gasteiger partial charge >= 0.3 is 5.97 Å². The van der Waals surface area contributed by atoms with Crippen LogP contribution in [0.5, 0.6) is 5.75 Å². The Morgan fingerprint density at radius 2 is 2.15 bits per heavy atom. The van der Waals surface area contributed by atoms with Crippen LogP contribution in [0.2, 0.25) is 0 Å². The van der Waals surface area contributed by atoms with Crippen LogP contribution in [0.25, 0.3) is 0 Å². The van der Waals surface area contributed by atoms with Crippen molar-refractivity contribution in [1.82, 2.24) is 0 Å². The lowest BCUT2D eigenvalue weighted by atomic mass is 9.83. The minimum Gasteiger partial charge on any atom is -0.491 e. The Bertz CT molecular complexity index is 789. The van der Waals surface area contributed by atoms with Crippen LogP contribution in [0.15, 0.2) is 47.1 Å². The van der Waals surface area contributed by atoms with Gasteiger partial charge in [0.25, 0.3) is 0 Å². The van der Waals surface area contributed by atoms with E-state index >= 15 is 0 Å². The number of hydrogen-bond donors (Lipinski definition) is 1. The lowest BCUT2D eigenvalue weighted by Gasteiger charge is -2.27. The summed E-state index contributed by atoms with van der Waals surface area (Å²) >= 11 is 0. The number of rotatable bonds is 6. The van der Waals surface area contributed by atoms with E-state index in [2.05, 4.69) is 6.07 Å². The van der Waals surface area contributed by atoms with E-state index in [0.717, 1.165) is 12.0 Å². The molecule has 6 nitrogen and oxygen atoms in total. The third-order valence-corrected chi connectivity index (χ3v) is 4.20. The molecule has 0 aliphatic carbocycles. The van der Waals surface area contributed by atoms with Gasteiger partial charge in [0.2, 0.25) is 5.88 Å². The van der Waals surface area contributed by atoms with E-state index in [1.54, 1.807) is 13.8 Å². The summed E-state index contributed by atoms with van der Waals surface area (Å²) in [6.07, 6.45) is 0.919. The Kier molecular flexibility index (Phi) is 6.29. The lowest BCUT2D eigenvalue weighted by molar-refractivity contribution is -0.139. The maximum absolute atomic E-state index is 12.5. The highest BCUT2D eigenvalue weighted by Gasteiger charge is 2.36. The molecule has 1 aromatic rings. The number of carbonyl (C=O) groups is 1. The monoisotopic (exact) mass is 356 g/mol. The van der Waals surface area contributed by atoms with Gasteiger partial charge in [0.05, 0.1) is 24.2 Å². The molecule has 2 rings (SSSR count). The maximum atomic E-state index is 12.5. The second-order valence-electron chi connectivity index (χ2n) is 6.02. The van der Waals surface area contributed by atoms with Gasteiger partial charge in [-0.1, -0.05) is 19.1 Å². The Hall–Kier alpha value is -2.94. The lowest BCUT2D eigenvalue weighted by Crippen LogP contribution is -2.25. The molecule has 6 heteroatoms. The van der Waals surface area contributed by atoms with Crippen molar-refractivity contribution in [3.63, 3.8) is 0 Å². The molecule has 2 atom stereocenters. The van der Waals surface area contributed by atoms with Crippen LogP contribution in [-0.4, -0.2) is 18.7 Å². The fourth-order valence-corrected chi connectivity index (χ4v) is 2.77. The van der Waals surface area contributed by atoms with Crippen LogP contribution >= 0.6 is 0 Å². The summed E-state index contributed by atoms with van der Waals surface area (Å²) in [6.45, 7) is 7.60. The highest BCUT2D eigenvalue weighted by molar-refractivity contribution is 5.92. The largest absolute Gasteiger partial charge is 0.491 e. The van der Waals surface area contributed by atoms with Crippen LogP contribution in [-0.2, 0) is 14.3 Å². The van der Waals surface area contributed by atoms with Gasteiger partial charge in [0.1, 0.15) is 23.2 Å². The number of carbonyl (C=O) groups excluding carboxylic acids is 1. The number of allylic oxidation sites excluding steroid dienone is 2. The van der Waals surface area contributed by atoms with Gasteiger partial charge < -0.3 is 19.9 Å². The quantitative estimate of drug-likeness (QED) is 0.784. The fraction of sp³-hybridized carbons (Fsp3) is 0.400. The summed E-state index contributed by atoms with van der Waals surface area (Å²) in [5.74, 6) is -0.189. The van der Waals surface area contributed by atoms with E-state index in [1.165, 1.54) is 0 Å². The number of nitrogens with zero attached hydrogens (tertiary/aromatic N) is 1. The standard InChI is InChI=1S/C20H24N2O4/c1-5-12(3)25-15-9-7-8-14(10-15)18-16(11-21)19(22)26-13(4)17(18)20(23)24-6-2/h7-10,12,18H,5-6,22H2,1-4H3. The first-order valence-electron chi connectivity index (χ1n) is 8.64. The molecule has 138 valence electrons. The van der Waals surface area contributed by atoms with Crippen molar-refractivity contribution in [2.24, 2.45) is 5.73 Å². The number of hydrogen-bond acceptors (Lipinski definition) is 6. The van der Waals surface area contributed by atoms with E-state index in [0.29, 0.717) is 11.5 Å². The summed E-state index contributed by atoms with van der Waals surface area (Å²) in [7, 11) is 0. The Balaban J connectivity index is 2.53. The second kappa shape index (κ2) is 8.43. The van der Waals surface area contributed by atoms with Crippen molar-refractivity contribution in [3.05, 3.63) is 52.6 Å². The van der Waals surface area contributed by atoms with Crippen LogP contribution < -0.4 is 10.5 Å². The average molecular weight is 356 g/mol. The van der Waals surface area contributed by atoms with E-state index < -0.39 is 11.9 Å². The van der Waals surface area contributed by atoms with Crippen LogP contribution in [0.4, 0.5) is 0 Å². The summed E-state index contributed by atoms with van der Waals surface area (Å²) < 4.78 is 16.4. The van der Waals surface area contributed by atoms with Gasteiger partial charge in [0, 0.05) is 0 Å². The topological polar surface area (TPSA) is 94.6 Å². The smallest absolute Gasteiger partial charge is 0.338 e. The van der Waals surface area contributed by atoms with Gasteiger partial charge in [-0.2, -0.15) is 5.26 Å². The predicted molar refractivity (Wildman–Crippen MR) is 96.8 cm³/mol. The fourth-order valence-electron chi connectivity index (χ4n) is 2.77. The second-order valence-corrected chi connectivity index (χ2v) is 6.02. The molecule has 0 radical (unpaired) electrons. The highest BCUT2D eigenvalue weighted by Crippen LogP contribution is 2.40. The molecular formula is C20H24N2O4. The zero-order valence-corrected chi connectivity index (χ0v) is 15.5. The average Bonchev–Trinajstić information content (AvgIpc) is 2.61. The van der Waals surface area contributed by atoms with Crippen molar-refractivity contribution in [2.45, 2.75) is 46.1 Å². The Labute approximate surface area is 153 Å². The molecular weight excluding hydrogens is 332 g/mol. The highest BCUT2D eigenvalue weighted by atomic mass is 16.5. The number of benzene rings is 1. The molecule has 0 amide bonds. The van der Waals surface area contributed by atoms with Crippen molar-refractivity contribution < 1.29 is 19.0 Å². The molecule has 1 aliphatic heterocycles. The third kappa shape index (κ3) is 3.99. The molecule has 2 unspecified atom stereocenters. The van der Waals surface area contributed by atoms with Gasteiger partial charge in [-0.3, -0.25) is 0 Å². The molecule has 1 aromatic carbocycles. The normalized spacial score (nSPS) is 18.0. The first-order valence-corrected chi connectivity index (χ1v) is 8.64. The number of nitrogens with two attached hydrogens (primary N) is 1. The van der Waals surface area contributed by atoms with E-state index in [9.17, 15) is 10.1 Å². The van der Waals surface area contributed by atoms with Crippen LogP contribution in [0, 0.1) is 11.3 Å². The first-order chi connectivity index (χ1) is 12.4. The van der Waals surface area contributed by atoms with Gasteiger partial charge in [-0.05, 0) is 44.9 Å². The maximum Gasteiger partial charge on any atom is 0.338 e. The summed E-state index contributed by atoms with van der Waals surface area (Å²) in [4.78, 5) is 12.5. The first kappa shape index (κ1) is 19.4. The van der Waals surface area contributed by atoms with Crippen LogP contribution in [0.3, 0.4) is 0 Å². The van der Waals surface area contributed by atoms with E-state index in [-0.39, 0.29) is 29.7 Å². The van der Waals surface area contributed by atoms with Gasteiger partial charge in [-0.25, -0.2) is 4.79 Å². The number of ether oxygens (including phenoxy) is 3. The molecule has 0 aromatic heterocycles. The molecule has 0 spiro atoms. The molecule has 0 fully saturated rings. The van der Waals surface area contributed by atoms with Crippen LogP contribution in [0.1, 0.15) is 45.6 Å². The molecule has 0 saturated heterocycles. The van der Waals surface area contributed by atoms with Crippen molar-refractivity contribution >= 4 is 5.97 Å². The van der Waals surface area contributed by atoms with Crippen molar-refractivity contribution in [3.8, 4) is 11.8 Å². The zero-order chi connectivity index (χ0) is 19.3. The van der Waals surface area contributed by atoms with Gasteiger partial charge in [-0.15, -0.1) is 0 Å². The van der Waals surface area contributed by atoms with Gasteiger partial charge in [0.15, 0.2) is 0 Å². The summed E-state index contributed by atoms with van der Waals surface area (Å²) in [5.41, 5.74) is 7.08. The predicted octanol–water partition coefficient (Wildman–Crippen LogP) is 3.51. The minimum absolute atomic E-state index is 0.00343. The van der Waals surface area contributed by atoms with E-state index in [1.807, 2.05) is 38.1 Å². The summed E-state index contributed by atoms with van der Waals surface area (Å²) in [5, 5.41) is 9.59. The minimum atomic E-state index is -0.659. The molecule has 1 heterocycles. The Morgan fingerprint density at radius 3 is 2.77 bits per heavy atom. The number of nitriles is 1. The third-order valence-electron chi connectivity index (χ3n) is 4.20. The molecule has 1 aliphatic rings. The SMILES string of the molecule is CCOC(=O)C1=C(C)OC(N)=C(C#N)C1c1cccc(OC(C)CC)c1. The molecule has 2 N–H and O–H groups in total. The van der Waals surface area contributed by atoms with Crippen molar-refractivity contribution in [2.75, 3.05) is 6.61 Å². The van der Waals surface area contributed by atoms with E-state index in [4.69, 9.17) is 19.9 Å². The number of esters is 1. The molecule has 0 saturated carbocycles. The zero-order valence-electron chi connectivity index (χ0n) is 15.5. The Morgan fingerprint density at radius 1 is 1.42 bits per heavy atom. The van der Waals surface area contributed by atoms with Crippen molar-refractivity contribution in [1.29, 1.82) is 5.26 Å². The molecule has 0 bridgehead atoms. The summed E-state index contributed by atoms with van der Waals surface area (Å²) in [6, 6.07) is 9.38.